The maximum absolute atomic E-state index is 11.9. The molecular formula is C12H11IN2O. The van der Waals surface area contributed by atoms with E-state index in [4.69, 9.17) is 0 Å². The van der Waals surface area contributed by atoms with Crippen LogP contribution in [-0.2, 0) is 13.5 Å². The van der Waals surface area contributed by atoms with Gasteiger partial charge in [-0.1, -0.05) is 12.1 Å². The van der Waals surface area contributed by atoms with Gasteiger partial charge in [0.15, 0.2) is 5.78 Å². The van der Waals surface area contributed by atoms with Crippen LogP contribution in [-0.4, -0.2) is 15.6 Å². The van der Waals surface area contributed by atoms with Gasteiger partial charge in [-0.3, -0.25) is 9.48 Å². The second kappa shape index (κ2) is 4.78. The molecule has 0 N–H and O–H groups in total. The SMILES string of the molecule is Cn1ccc(CC(=O)c2cccc(I)c2)n1. The normalized spacial score (nSPS) is 10.4. The average Bonchev–Trinajstić information content (AvgIpc) is 2.64. The number of aryl methyl sites for hydroxylation is 1. The van der Waals surface area contributed by atoms with Crippen molar-refractivity contribution < 1.29 is 4.79 Å². The highest BCUT2D eigenvalue weighted by Gasteiger charge is 2.08. The molecule has 82 valence electrons. The largest absolute Gasteiger partial charge is 0.294 e. The average molecular weight is 326 g/mol. The van der Waals surface area contributed by atoms with Crippen LogP contribution >= 0.6 is 22.6 Å². The molecule has 0 aliphatic carbocycles. The standard InChI is InChI=1S/C12H11IN2O/c1-15-6-5-11(14-15)8-12(16)9-3-2-4-10(13)7-9/h2-7H,8H2,1H3. The van der Waals surface area contributed by atoms with E-state index in [9.17, 15) is 4.79 Å². The molecule has 0 aliphatic heterocycles. The highest BCUT2D eigenvalue weighted by Crippen LogP contribution is 2.10. The molecule has 0 saturated carbocycles. The smallest absolute Gasteiger partial charge is 0.168 e. The van der Waals surface area contributed by atoms with Crippen LogP contribution in [0.5, 0.6) is 0 Å². The second-order valence-corrected chi connectivity index (χ2v) is 4.84. The zero-order chi connectivity index (χ0) is 11.5. The molecule has 0 aliphatic rings. The van der Waals surface area contributed by atoms with Crippen LogP contribution in [0.3, 0.4) is 0 Å². The molecule has 0 unspecified atom stereocenters. The molecule has 0 bridgehead atoms. The fourth-order valence-electron chi connectivity index (χ4n) is 1.49. The fraction of sp³-hybridized carbons (Fsp3) is 0.167. The number of nitrogens with zero attached hydrogens (tertiary/aromatic N) is 2. The number of carbonyl (C=O) groups is 1. The zero-order valence-electron chi connectivity index (χ0n) is 8.85. The van der Waals surface area contributed by atoms with Gasteiger partial charge in [-0.15, -0.1) is 0 Å². The molecule has 3 nitrogen and oxygen atoms in total. The lowest BCUT2D eigenvalue weighted by Gasteiger charge is -1.99. The molecule has 1 heterocycles. The van der Waals surface area contributed by atoms with Gasteiger partial charge in [-0.2, -0.15) is 5.10 Å². The number of rotatable bonds is 3. The summed E-state index contributed by atoms with van der Waals surface area (Å²) in [6.45, 7) is 0. The van der Waals surface area contributed by atoms with E-state index >= 15 is 0 Å². The predicted octanol–water partition coefficient (Wildman–Crippen LogP) is 2.45. The number of Topliss-reactive ketones (excluding diaryl/α,β-unsaturated/α-hetero) is 1. The minimum atomic E-state index is 0.109. The molecule has 1 aromatic heterocycles. The van der Waals surface area contributed by atoms with Crippen LogP contribution in [0.2, 0.25) is 0 Å². The Morgan fingerprint density at radius 2 is 2.25 bits per heavy atom. The topological polar surface area (TPSA) is 34.9 Å². The van der Waals surface area contributed by atoms with E-state index in [1.807, 2.05) is 43.6 Å². The molecule has 1 aromatic carbocycles. The zero-order valence-corrected chi connectivity index (χ0v) is 11.0. The van der Waals surface area contributed by atoms with Crippen molar-refractivity contribution >= 4 is 28.4 Å². The highest BCUT2D eigenvalue weighted by molar-refractivity contribution is 14.1. The van der Waals surface area contributed by atoms with Crippen LogP contribution in [0.15, 0.2) is 36.5 Å². The molecule has 0 amide bonds. The summed E-state index contributed by atoms with van der Waals surface area (Å²) in [5.41, 5.74) is 1.56. The third-order valence-electron chi connectivity index (χ3n) is 2.26. The Morgan fingerprint density at radius 1 is 1.44 bits per heavy atom. The summed E-state index contributed by atoms with van der Waals surface area (Å²) >= 11 is 2.20. The lowest BCUT2D eigenvalue weighted by molar-refractivity contribution is 0.0991. The Labute approximate surface area is 108 Å². The van der Waals surface area contributed by atoms with E-state index in [0.717, 1.165) is 14.8 Å². The van der Waals surface area contributed by atoms with Gasteiger partial charge in [0, 0.05) is 22.4 Å². The first-order valence-corrected chi connectivity index (χ1v) is 6.00. The van der Waals surface area contributed by atoms with Gasteiger partial charge in [0.1, 0.15) is 0 Å². The van der Waals surface area contributed by atoms with E-state index in [1.54, 1.807) is 4.68 Å². The Morgan fingerprint density at radius 3 is 2.88 bits per heavy atom. The fourth-order valence-corrected chi connectivity index (χ4v) is 2.03. The third-order valence-corrected chi connectivity index (χ3v) is 2.93. The summed E-state index contributed by atoms with van der Waals surface area (Å²) in [4.78, 5) is 11.9. The number of carbonyl (C=O) groups excluding carboxylic acids is 1. The summed E-state index contributed by atoms with van der Waals surface area (Å²) in [7, 11) is 1.85. The first-order valence-electron chi connectivity index (χ1n) is 4.92. The van der Waals surface area contributed by atoms with Gasteiger partial charge >= 0.3 is 0 Å². The minimum Gasteiger partial charge on any atom is -0.294 e. The van der Waals surface area contributed by atoms with E-state index in [0.29, 0.717) is 6.42 Å². The van der Waals surface area contributed by atoms with Crippen molar-refractivity contribution in [2.24, 2.45) is 7.05 Å². The van der Waals surface area contributed by atoms with E-state index < -0.39 is 0 Å². The van der Waals surface area contributed by atoms with Gasteiger partial charge < -0.3 is 0 Å². The lowest BCUT2D eigenvalue weighted by atomic mass is 10.1. The van der Waals surface area contributed by atoms with Crippen LogP contribution in [0.25, 0.3) is 0 Å². The summed E-state index contributed by atoms with van der Waals surface area (Å²) in [6.07, 6.45) is 2.21. The van der Waals surface area contributed by atoms with Crippen molar-refractivity contribution in [2.45, 2.75) is 6.42 Å². The predicted molar refractivity (Wildman–Crippen MR) is 70.4 cm³/mol. The lowest BCUT2D eigenvalue weighted by Crippen LogP contribution is -2.04. The van der Waals surface area contributed by atoms with Crippen LogP contribution < -0.4 is 0 Å². The van der Waals surface area contributed by atoms with E-state index in [-0.39, 0.29) is 5.78 Å². The van der Waals surface area contributed by atoms with Crippen molar-refractivity contribution in [3.63, 3.8) is 0 Å². The minimum absolute atomic E-state index is 0.109. The molecule has 4 heteroatoms. The molecule has 0 radical (unpaired) electrons. The number of hydrogen-bond donors (Lipinski definition) is 0. The summed E-state index contributed by atoms with van der Waals surface area (Å²) in [5.74, 6) is 0.109. The first-order chi connectivity index (χ1) is 7.65. The van der Waals surface area contributed by atoms with Crippen molar-refractivity contribution in [1.29, 1.82) is 0 Å². The molecule has 0 spiro atoms. The molecule has 0 fully saturated rings. The van der Waals surface area contributed by atoms with Crippen molar-refractivity contribution in [3.8, 4) is 0 Å². The Balaban J connectivity index is 2.14. The summed E-state index contributed by atoms with van der Waals surface area (Å²) in [5, 5.41) is 4.19. The Hall–Kier alpha value is -1.17. The van der Waals surface area contributed by atoms with E-state index in [1.165, 1.54) is 0 Å². The number of ketones is 1. The highest BCUT2D eigenvalue weighted by atomic mass is 127. The first kappa shape index (κ1) is 11.3. The van der Waals surface area contributed by atoms with Crippen molar-refractivity contribution in [2.75, 3.05) is 0 Å². The molecule has 0 atom stereocenters. The monoisotopic (exact) mass is 326 g/mol. The summed E-state index contributed by atoms with van der Waals surface area (Å²) in [6, 6.07) is 9.47. The van der Waals surface area contributed by atoms with Crippen molar-refractivity contribution in [1.82, 2.24) is 9.78 Å². The molecular weight excluding hydrogens is 315 g/mol. The van der Waals surface area contributed by atoms with Gasteiger partial charge in [0.05, 0.1) is 12.1 Å². The Bertz CT molecular complexity index is 519. The van der Waals surface area contributed by atoms with Crippen LogP contribution in [0, 0.1) is 3.57 Å². The quantitative estimate of drug-likeness (QED) is 0.641. The van der Waals surface area contributed by atoms with E-state index in [2.05, 4.69) is 27.7 Å². The number of halogens is 1. The van der Waals surface area contributed by atoms with Crippen LogP contribution in [0.1, 0.15) is 16.1 Å². The van der Waals surface area contributed by atoms with Crippen molar-refractivity contribution in [3.05, 3.63) is 51.4 Å². The van der Waals surface area contributed by atoms with Gasteiger partial charge in [0.25, 0.3) is 0 Å². The Kier molecular flexibility index (Phi) is 3.38. The molecule has 2 aromatic rings. The number of hydrogen-bond acceptors (Lipinski definition) is 2. The molecule has 0 saturated heterocycles. The maximum Gasteiger partial charge on any atom is 0.168 e. The number of aromatic nitrogens is 2. The van der Waals surface area contributed by atoms with Gasteiger partial charge in [-0.25, -0.2) is 0 Å². The van der Waals surface area contributed by atoms with Crippen LogP contribution in [0.4, 0.5) is 0 Å². The third kappa shape index (κ3) is 2.69. The molecule has 16 heavy (non-hydrogen) atoms. The second-order valence-electron chi connectivity index (χ2n) is 3.59. The summed E-state index contributed by atoms with van der Waals surface area (Å²) < 4.78 is 2.78. The maximum atomic E-state index is 11.9. The van der Waals surface area contributed by atoms with Gasteiger partial charge in [0.2, 0.25) is 0 Å². The number of benzene rings is 1. The van der Waals surface area contributed by atoms with Gasteiger partial charge in [-0.05, 0) is 40.8 Å². The molecule has 2 rings (SSSR count).